The predicted molar refractivity (Wildman–Crippen MR) is 63.2 cm³/mol. The third-order valence-corrected chi connectivity index (χ3v) is 3.17. The molecule has 0 unspecified atom stereocenters. The molecule has 2 N–H and O–H groups in total. The Morgan fingerprint density at radius 3 is 2.87 bits per heavy atom. The molecule has 0 aliphatic heterocycles. The second kappa shape index (κ2) is 5.66. The Labute approximate surface area is 94.0 Å². The number of benzene rings is 1. The fraction of sp³-hybridized carbons (Fsp3) is 0.364. The van der Waals surface area contributed by atoms with Crippen LogP contribution in [0.25, 0.3) is 0 Å². The van der Waals surface area contributed by atoms with Gasteiger partial charge in [0.05, 0.1) is 12.7 Å². The van der Waals surface area contributed by atoms with Crippen LogP contribution in [0.3, 0.4) is 0 Å². The zero-order valence-electron chi connectivity index (χ0n) is 8.95. The first-order chi connectivity index (χ1) is 7.19. The van der Waals surface area contributed by atoms with Gasteiger partial charge in [-0.2, -0.15) is 0 Å². The molecule has 82 valence electrons. The number of hydrogen-bond acceptors (Lipinski definition) is 4. The Morgan fingerprint density at radius 2 is 2.27 bits per heavy atom. The summed E-state index contributed by atoms with van der Waals surface area (Å²) in [6, 6.07) is 5.20. The molecule has 4 heteroatoms. The molecule has 0 saturated carbocycles. The number of esters is 1. The first kappa shape index (κ1) is 11.9. The van der Waals surface area contributed by atoms with Crippen molar-refractivity contribution in [3.8, 4) is 0 Å². The van der Waals surface area contributed by atoms with Gasteiger partial charge in [-0.3, -0.25) is 0 Å². The van der Waals surface area contributed by atoms with Gasteiger partial charge in [-0.15, -0.1) is 11.8 Å². The van der Waals surface area contributed by atoms with Gasteiger partial charge in [0.25, 0.3) is 0 Å². The van der Waals surface area contributed by atoms with Crippen molar-refractivity contribution in [2.75, 3.05) is 18.6 Å². The van der Waals surface area contributed by atoms with E-state index in [1.54, 1.807) is 30.0 Å². The number of nitrogens with two attached hydrogens (primary N) is 1. The van der Waals surface area contributed by atoms with Crippen molar-refractivity contribution >= 4 is 23.4 Å². The lowest BCUT2D eigenvalue weighted by atomic mass is 10.2. The average Bonchev–Trinajstić information content (AvgIpc) is 2.27. The lowest BCUT2D eigenvalue weighted by Crippen LogP contribution is -2.02. The third-order valence-electron chi connectivity index (χ3n) is 1.90. The number of hydrogen-bond donors (Lipinski definition) is 1. The molecule has 1 aromatic rings. The lowest BCUT2D eigenvalue weighted by molar-refractivity contribution is 0.0600. The number of carbonyl (C=O) groups is 1. The standard InChI is InChI=1S/C11H15NO2S/c1-3-6-15-10-7-8(11(13)14-2)4-5-9(10)12/h4-5,7H,3,6,12H2,1-2H3. The van der Waals surface area contributed by atoms with Crippen LogP contribution in [0.1, 0.15) is 23.7 Å². The molecule has 0 heterocycles. The molecule has 1 rings (SSSR count). The highest BCUT2D eigenvalue weighted by Crippen LogP contribution is 2.26. The van der Waals surface area contributed by atoms with Gasteiger partial charge in [-0.25, -0.2) is 4.79 Å². The SMILES string of the molecule is CCCSc1cc(C(=O)OC)ccc1N. The van der Waals surface area contributed by atoms with E-state index >= 15 is 0 Å². The van der Waals surface area contributed by atoms with Crippen molar-refractivity contribution in [3.63, 3.8) is 0 Å². The summed E-state index contributed by atoms with van der Waals surface area (Å²) in [5, 5.41) is 0. The van der Waals surface area contributed by atoms with E-state index in [1.807, 2.05) is 0 Å². The van der Waals surface area contributed by atoms with Crippen molar-refractivity contribution in [2.24, 2.45) is 0 Å². The maximum atomic E-state index is 11.3. The van der Waals surface area contributed by atoms with Crippen LogP contribution in [-0.4, -0.2) is 18.8 Å². The minimum Gasteiger partial charge on any atom is -0.465 e. The third kappa shape index (κ3) is 3.16. The fourth-order valence-electron chi connectivity index (χ4n) is 1.12. The van der Waals surface area contributed by atoms with E-state index in [0.717, 1.165) is 17.1 Å². The van der Waals surface area contributed by atoms with Crippen molar-refractivity contribution < 1.29 is 9.53 Å². The van der Waals surface area contributed by atoms with E-state index in [9.17, 15) is 4.79 Å². The van der Waals surface area contributed by atoms with Crippen molar-refractivity contribution in [1.29, 1.82) is 0 Å². The van der Waals surface area contributed by atoms with Gasteiger partial charge in [0.2, 0.25) is 0 Å². The van der Waals surface area contributed by atoms with E-state index in [1.165, 1.54) is 7.11 Å². The molecule has 0 saturated heterocycles. The second-order valence-electron chi connectivity index (χ2n) is 3.09. The number of carbonyl (C=O) groups excluding carboxylic acids is 1. The topological polar surface area (TPSA) is 52.3 Å². The van der Waals surface area contributed by atoms with Crippen LogP contribution in [-0.2, 0) is 4.74 Å². The number of nitrogen functional groups attached to an aromatic ring is 1. The molecule has 0 atom stereocenters. The molecule has 0 radical (unpaired) electrons. The highest BCUT2D eigenvalue weighted by atomic mass is 32.2. The zero-order chi connectivity index (χ0) is 11.3. The minimum absolute atomic E-state index is 0.326. The van der Waals surface area contributed by atoms with Gasteiger partial charge in [-0.1, -0.05) is 6.92 Å². The zero-order valence-corrected chi connectivity index (χ0v) is 9.76. The number of rotatable bonds is 4. The molecule has 0 fully saturated rings. The van der Waals surface area contributed by atoms with E-state index in [-0.39, 0.29) is 5.97 Å². The first-order valence-electron chi connectivity index (χ1n) is 4.79. The Bertz CT molecular complexity index is 352. The van der Waals surface area contributed by atoms with Crippen LogP contribution in [0.15, 0.2) is 23.1 Å². The van der Waals surface area contributed by atoms with Gasteiger partial charge >= 0.3 is 5.97 Å². The number of ether oxygens (including phenoxy) is 1. The van der Waals surface area contributed by atoms with Gasteiger partial charge in [0.15, 0.2) is 0 Å². The second-order valence-corrected chi connectivity index (χ2v) is 4.23. The van der Waals surface area contributed by atoms with Crippen molar-refractivity contribution in [1.82, 2.24) is 0 Å². The lowest BCUT2D eigenvalue weighted by Gasteiger charge is -2.06. The molecule has 0 bridgehead atoms. The maximum Gasteiger partial charge on any atom is 0.337 e. The molecule has 1 aromatic carbocycles. The number of methoxy groups -OCH3 is 1. The largest absolute Gasteiger partial charge is 0.465 e. The van der Waals surface area contributed by atoms with E-state index in [0.29, 0.717) is 11.3 Å². The van der Waals surface area contributed by atoms with E-state index < -0.39 is 0 Å². The number of anilines is 1. The molecule has 15 heavy (non-hydrogen) atoms. The normalized spacial score (nSPS) is 10.0. The Balaban J connectivity index is 2.89. The summed E-state index contributed by atoms with van der Waals surface area (Å²) in [5.74, 6) is 0.669. The van der Waals surface area contributed by atoms with Crippen LogP contribution in [0.4, 0.5) is 5.69 Å². The highest BCUT2D eigenvalue weighted by molar-refractivity contribution is 7.99. The number of thioether (sulfide) groups is 1. The Morgan fingerprint density at radius 1 is 1.53 bits per heavy atom. The summed E-state index contributed by atoms with van der Waals surface area (Å²) in [6.07, 6.45) is 1.08. The van der Waals surface area contributed by atoms with Crippen molar-refractivity contribution in [2.45, 2.75) is 18.2 Å². The Kier molecular flexibility index (Phi) is 4.49. The first-order valence-corrected chi connectivity index (χ1v) is 5.78. The summed E-state index contributed by atoms with van der Waals surface area (Å²) in [4.78, 5) is 12.2. The minimum atomic E-state index is -0.326. The van der Waals surface area contributed by atoms with E-state index in [4.69, 9.17) is 5.73 Å². The predicted octanol–water partition coefficient (Wildman–Crippen LogP) is 2.56. The fourth-order valence-corrected chi connectivity index (χ4v) is 1.99. The molecule has 3 nitrogen and oxygen atoms in total. The summed E-state index contributed by atoms with van der Waals surface area (Å²) in [7, 11) is 1.37. The van der Waals surface area contributed by atoms with Gasteiger partial charge in [0.1, 0.15) is 0 Å². The molecular weight excluding hydrogens is 210 g/mol. The molecule has 0 aromatic heterocycles. The van der Waals surface area contributed by atoms with Crippen LogP contribution in [0.5, 0.6) is 0 Å². The van der Waals surface area contributed by atoms with Gasteiger partial charge < -0.3 is 10.5 Å². The van der Waals surface area contributed by atoms with Crippen LogP contribution in [0.2, 0.25) is 0 Å². The molecule has 0 aliphatic carbocycles. The van der Waals surface area contributed by atoms with Crippen LogP contribution >= 0.6 is 11.8 Å². The Hall–Kier alpha value is -1.16. The molecule has 0 aliphatic rings. The summed E-state index contributed by atoms with van der Waals surface area (Å²) < 4.78 is 4.65. The summed E-state index contributed by atoms with van der Waals surface area (Å²) in [5.41, 5.74) is 7.05. The molecular formula is C11H15NO2S. The monoisotopic (exact) mass is 225 g/mol. The highest BCUT2D eigenvalue weighted by Gasteiger charge is 2.08. The smallest absolute Gasteiger partial charge is 0.337 e. The average molecular weight is 225 g/mol. The maximum absolute atomic E-state index is 11.3. The van der Waals surface area contributed by atoms with Crippen LogP contribution < -0.4 is 5.73 Å². The van der Waals surface area contributed by atoms with Crippen LogP contribution in [0, 0.1) is 0 Å². The summed E-state index contributed by atoms with van der Waals surface area (Å²) >= 11 is 1.66. The van der Waals surface area contributed by atoms with Gasteiger partial charge in [0, 0.05) is 10.6 Å². The van der Waals surface area contributed by atoms with E-state index in [2.05, 4.69) is 11.7 Å². The molecule has 0 spiro atoms. The molecule has 0 amide bonds. The summed E-state index contributed by atoms with van der Waals surface area (Å²) in [6.45, 7) is 2.10. The van der Waals surface area contributed by atoms with Crippen molar-refractivity contribution in [3.05, 3.63) is 23.8 Å². The van der Waals surface area contributed by atoms with Gasteiger partial charge in [-0.05, 0) is 30.4 Å². The quantitative estimate of drug-likeness (QED) is 0.486.